The number of hydrogen-bond acceptors (Lipinski definition) is 5. The molecule has 0 N–H and O–H groups in total. The van der Waals surface area contributed by atoms with Crippen LogP contribution in [0.5, 0.6) is 0 Å². The molecule has 1 atom stereocenters. The fraction of sp³-hybridized carbons (Fsp3) is 0.444. The van der Waals surface area contributed by atoms with E-state index in [1.807, 2.05) is 18.2 Å². The van der Waals surface area contributed by atoms with Gasteiger partial charge in [0.1, 0.15) is 6.04 Å². The third kappa shape index (κ3) is 4.06. The molecule has 3 rings (SSSR count). The standard InChI is InChI=1S/C18H23N3O2/c1-14(2)17-19-20-18(23-17)16-13-22-12-11-21(16)10-6-9-15-7-4-3-5-8-15/h3-9,14,16H,10-13H2,1-2H3. The van der Waals surface area contributed by atoms with Gasteiger partial charge < -0.3 is 9.15 Å². The maximum atomic E-state index is 5.81. The van der Waals surface area contributed by atoms with Gasteiger partial charge in [-0.05, 0) is 5.56 Å². The Morgan fingerprint density at radius 2 is 2.09 bits per heavy atom. The maximum absolute atomic E-state index is 5.81. The maximum Gasteiger partial charge on any atom is 0.236 e. The van der Waals surface area contributed by atoms with Crippen LogP contribution in [-0.4, -0.2) is 41.4 Å². The minimum atomic E-state index is 0.0316. The van der Waals surface area contributed by atoms with E-state index in [2.05, 4.69) is 53.2 Å². The topological polar surface area (TPSA) is 51.4 Å². The molecule has 5 heteroatoms. The van der Waals surface area contributed by atoms with Gasteiger partial charge in [0.25, 0.3) is 0 Å². The van der Waals surface area contributed by atoms with Crippen molar-refractivity contribution in [3.63, 3.8) is 0 Å². The first-order valence-electron chi connectivity index (χ1n) is 8.10. The summed E-state index contributed by atoms with van der Waals surface area (Å²) in [5.41, 5.74) is 1.21. The highest BCUT2D eigenvalue weighted by Crippen LogP contribution is 2.24. The normalized spacial score (nSPS) is 19.7. The van der Waals surface area contributed by atoms with Crippen LogP contribution < -0.4 is 0 Å². The minimum Gasteiger partial charge on any atom is -0.423 e. The van der Waals surface area contributed by atoms with Gasteiger partial charge in [-0.25, -0.2) is 0 Å². The molecule has 2 aromatic rings. The summed E-state index contributed by atoms with van der Waals surface area (Å²) in [6.07, 6.45) is 4.31. The number of nitrogens with zero attached hydrogens (tertiary/aromatic N) is 3. The van der Waals surface area contributed by atoms with Crippen molar-refractivity contribution in [1.29, 1.82) is 0 Å². The summed E-state index contributed by atoms with van der Waals surface area (Å²) < 4.78 is 11.4. The molecule has 0 radical (unpaired) electrons. The van der Waals surface area contributed by atoms with E-state index in [0.717, 1.165) is 19.7 Å². The van der Waals surface area contributed by atoms with Crippen LogP contribution >= 0.6 is 0 Å². The van der Waals surface area contributed by atoms with Crippen LogP contribution in [0.1, 0.15) is 43.2 Å². The summed E-state index contributed by atoms with van der Waals surface area (Å²) in [6.45, 7) is 7.13. The van der Waals surface area contributed by atoms with Crippen molar-refractivity contribution in [1.82, 2.24) is 15.1 Å². The number of hydrogen-bond donors (Lipinski definition) is 0. The molecule has 1 fully saturated rings. The number of benzene rings is 1. The second kappa shape index (κ2) is 7.53. The third-order valence-corrected chi connectivity index (χ3v) is 3.92. The van der Waals surface area contributed by atoms with Gasteiger partial charge in [-0.15, -0.1) is 10.2 Å². The summed E-state index contributed by atoms with van der Waals surface area (Å²) in [6, 6.07) is 10.3. The SMILES string of the molecule is CC(C)c1nnc(C2COCCN2CC=Cc2ccccc2)o1. The van der Waals surface area contributed by atoms with Crippen LogP contribution in [0.3, 0.4) is 0 Å². The molecule has 1 aliphatic heterocycles. The third-order valence-electron chi connectivity index (χ3n) is 3.92. The van der Waals surface area contributed by atoms with Gasteiger partial charge in [0.05, 0.1) is 13.2 Å². The number of morpholine rings is 1. The van der Waals surface area contributed by atoms with Crippen LogP contribution in [0.15, 0.2) is 40.8 Å². The Bertz CT molecular complexity index is 637. The first kappa shape index (κ1) is 15.9. The van der Waals surface area contributed by atoms with Crippen molar-refractivity contribution in [2.45, 2.75) is 25.8 Å². The predicted octanol–water partition coefficient (Wildman–Crippen LogP) is 3.28. The van der Waals surface area contributed by atoms with E-state index in [0.29, 0.717) is 18.4 Å². The average molecular weight is 313 g/mol. The van der Waals surface area contributed by atoms with E-state index in [9.17, 15) is 0 Å². The van der Waals surface area contributed by atoms with E-state index >= 15 is 0 Å². The van der Waals surface area contributed by atoms with E-state index in [-0.39, 0.29) is 12.0 Å². The van der Waals surface area contributed by atoms with Crippen molar-refractivity contribution < 1.29 is 9.15 Å². The average Bonchev–Trinajstić information content (AvgIpc) is 3.06. The molecule has 0 aliphatic carbocycles. The zero-order valence-corrected chi connectivity index (χ0v) is 13.7. The van der Waals surface area contributed by atoms with Gasteiger partial charge in [-0.1, -0.05) is 56.3 Å². The van der Waals surface area contributed by atoms with Gasteiger partial charge in [0.2, 0.25) is 11.8 Å². The lowest BCUT2D eigenvalue weighted by molar-refractivity contribution is -0.0127. The van der Waals surface area contributed by atoms with Crippen LogP contribution in [-0.2, 0) is 4.74 Å². The molecular formula is C18H23N3O2. The van der Waals surface area contributed by atoms with E-state index in [4.69, 9.17) is 9.15 Å². The van der Waals surface area contributed by atoms with Crippen molar-refractivity contribution in [3.05, 3.63) is 53.8 Å². The summed E-state index contributed by atoms with van der Waals surface area (Å²) in [5, 5.41) is 8.35. The largest absolute Gasteiger partial charge is 0.423 e. The highest BCUT2D eigenvalue weighted by Gasteiger charge is 2.28. The molecule has 1 aromatic carbocycles. The summed E-state index contributed by atoms with van der Waals surface area (Å²) in [7, 11) is 0. The summed E-state index contributed by atoms with van der Waals surface area (Å²) in [4.78, 5) is 2.32. The molecular weight excluding hydrogens is 290 g/mol. The zero-order chi connectivity index (χ0) is 16.1. The van der Waals surface area contributed by atoms with Crippen LogP contribution in [0.2, 0.25) is 0 Å². The Hall–Kier alpha value is -1.98. The molecule has 23 heavy (non-hydrogen) atoms. The molecule has 1 aromatic heterocycles. The van der Waals surface area contributed by atoms with Crippen molar-refractivity contribution in [2.24, 2.45) is 0 Å². The monoisotopic (exact) mass is 313 g/mol. The second-order valence-electron chi connectivity index (χ2n) is 6.03. The molecule has 1 unspecified atom stereocenters. The van der Waals surface area contributed by atoms with Crippen LogP contribution in [0, 0.1) is 0 Å². The van der Waals surface area contributed by atoms with Crippen molar-refractivity contribution in [3.8, 4) is 0 Å². The Labute approximate surface area is 137 Å². The van der Waals surface area contributed by atoms with Gasteiger partial charge in [-0.3, -0.25) is 4.90 Å². The fourth-order valence-electron chi connectivity index (χ4n) is 2.59. The van der Waals surface area contributed by atoms with Crippen LogP contribution in [0.25, 0.3) is 6.08 Å². The van der Waals surface area contributed by atoms with E-state index < -0.39 is 0 Å². The zero-order valence-electron chi connectivity index (χ0n) is 13.7. The minimum absolute atomic E-state index is 0.0316. The smallest absolute Gasteiger partial charge is 0.236 e. The quantitative estimate of drug-likeness (QED) is 0.848. The Morgan fingerprint density at radius 3 is 2.83 bits per heavy atom. The number of aromatic nitrogens is 2. The van der Waals surface area contributed by atoms with Crippen LogP contribution in [0.4, 0.5) is 0 Å². The lowest BCUT2D eigenvalue weighted by atomic mass is 10.2. The lowest BCUT2D eigenvalue weighted by Gasteiger charge is -2.32. The second-order valence-corrected chi connectivity index (χ2v) is 6.03. The molecule has 0 saturated carbocycles. The Morgan fingerprint density at radius 1 is 1.26 bits per heavy atom. The number of rotatable bonds is 5. The van der Waals surface area contributed by atoms with Gasteiger partial charge in [0.15, 0.2) is 0 Å². The first-order valence-corrected chi connectivity index (χ1v) is 8.10. The number of ether oxygens (including phenoxy) is 1. The molecule has 0 amide bonds. The van der Waals surface area contributed by atoms with Gasteiger partial charge in [-0.2, -0.15) is 0 Å². The summed E-state index contributed by atoms with van der Waals surface area (Å²) in [5.74, 6) is 1.58. The molecule has 1 aliphatic rings. The molecule has 2 heterocycles. The highest BCUT2D eigenvalue weighted by molar-refractivity contribution is 5.48. The van der Waals surface area contributed by atoms with E-state index in [1.165, 1.54) is 5.56 Å². The van der Waals surface area contributed by atoms with Crippen molar-refractivity contribution >= 4 is 6.08 Å². The fourth-order valence-corrected chi connectivity index (χ4v) is 2.59. The molecule has 122 valence electrons. The molecule has 0 spiro atoms. The summed E-state index contributed by atoms with van der Waals surface area (Å²) >= 11 is 0. The first-order chi connectivity index (χ1) is 11.2. The molecule has 0 bridgehead atoms. The molecule has 5 nitrogen and oxygen atoms in total. The lowest BCUT2D eigenvalue weighted by Crippen LogP contribution is -2.39. The van der Waals surface area contributed by atoms with Gasteiger partial charge in [0, 0.05) is 19.0 Å². The van der Waals surface area contributed by atoms with E-state index in [1.54, 1.807) is 0 Å². The molecule has 1 saturated heterocycles. The Balaban J connectivity index is 1.67. The predicted molar refractivity (Wildman–Crippen MR) is 89.0 cm³/mol. The van der Waals surface area contributed by atoms with Crippen molar-refractivity contribution in [2.75, 3.05) is 26.3 Å². The highest BCUT2D eigenvalue weighted by atomic mass is 16.5. The Kier molecular flexibility index (Phi) is 5.20. The van der Waals surface area contributed by atoms with Gasteiger partial charge >= 0.3 is 0 Å².